The lowest BCUT2D eigenvalue weighted by Crippen LogP contribution is -2.45. The van der Waals surface area contributed by atoms with Crippen LogP contribution >= 0.6 is 35.3 Å². The Labute approximate surface area is 187 Å². The molecule has 0 spiro atoms. The summed E-state index contributed by atoms with van der Waals surface area (Å²) in [5, 5.41) is 11.4. The minimum Gasteiger partial charge on any atom is -0.356 e. The van der Waals surface area contributed by atoms with E-state index in [1.807, 2.05) is 0 Å². The van der Waals surface area contributed by atoms with Crippen LogP contribution in [0.4, 0.5) is 4.39 Å². The Balaban J connectivity index is 0.00000392. The Hall–Kier alpha value is -1.68. The van der Waals surface area contributed by atoms with Crippen LogP contribution in [0.2, 0.25) is 0 Å². The summed E-state index contributed by atoms with van der Waals surface area (Å²) < 4.78 is 12.9. The van der Waals surface area contributed by atoms with E-state index in [2.05, 4.69) is 52.3 Å². The Bertz CT molecular complexity index is 748. The Morgan fingerprint density at radius 2 is 1.79 bits per heavy atom. The van der Waals surface area contributed by atoms with Gasteiger partial charge >= 0.3 is 0 Å². The summed E-state index contributed by atoms with van der Waals surface area (Å²) in [6.45, 7) is 6.18. The molecule has 0 fully saturated rings. The van der Waals surface area contributed by atoms with Crippen molar-refractivity contribution in [2.75, 3.05) is 26.7 Å². The summed E-state index contributed by atoms with van der Waals surface area (Å²) in [5.74, 6) is 0.307. The van der Waals surface area contributed by atoms with E-state index < -0.39 is 0 Å². The molecule has 3 N–H and O–H groups in total. The summed E-state index contributed by atoms with van der Waals surface area (Å²) in [7, 11) is 1.72. The van der Waals surface area contributed by atoms with E-state index >= 15 is 0 Å². The van der Waals surface area contributed by atoms with E-state index in [9.17, 15) is 9.18 Å². The van der Waals surface area contributed by atoms with Gasteiger partial charge in [0.1, 0.15) is 5.82 Å². The lowest BCUT2D eigenvalue weighted by Gasteiger charge is -2.25. The van der Waals surface area contributed by atoms with Crippen LogP contribution < -0.4 is 16.0 Å². The molecule has 1 amide bonds. The van der Waals surface area contributed by atoms with Gasteiger partial charge in [0.05, 0.1) is 6.42 Å². The van der Waals surface area contributed by atoms with Gasteiger partial charge in [0.15, 0.2) is 5.96 Å². The normalized spacial score (nSPS) is 11.5. The highest BCUT2D eigenvalue weighted by molar-refractivity contribution is 14.0. The molecule has 0 saturated heterocycles. The molecule has 2 aromatic rings. The van der Waals surface area contributed by atoms with Gasteiger partial charge in [0.25, 0.3) is 0 Å². The molecular formula is C20H28FIN4OS. The van der Waals surface area contributed by atoms with Gasteiger partial charge < -0.3 is 16.0 Å². The number of nitrogens with zero attached hydrogens (tertiary/aromatic N) is 1. The molecule has 1 aromatic carbocycles. The number of carbonyl (C=O) groups is 1. The fourth-order valence-electron chi connectivity index (χ4n) is 2.51. The molecule has 2 rings (SSSR count). The van der Waals surface area contributed by atoms with E-state index in [1.54, 1.807) is 30.5 Å². The Morgan fingerprint density at radius 3 is 2.39 bits per heavy atom. The van der Waals surface area contributed by atoms with E-state index in [1.165, 1.54) is 17.0 Å². The van der Waals surface area contributed by atoms with Gasteiger partial charge in [-0.25, -0.2) is 4.39 Å². The highest BCUT2D eigenvalue weighted by Gasteiger charge is 2.21. The molecule has 0 radical (unpaired) electrons. The van der Waals surface area contributed by atoms with Gasteiger partial charge in [-0.1, -0.05) is 32.0 Å². The molecule has 0 saturated carbocycles. The summed E-state index contributed by atoms with van der Waals surface area (Å²) in [6, 6.07) is 10.2. The molecule has 0 aliphatic heterocycles. The van der Waals surface area contributed by atoms with Crippen molar-refractivity contribution >= 4 is 47.2 Å². The second kappa shape index (κ2) is 12.0. The molecule has 0 unspecified atom stereocenters. The zero-order chi connectivity index (χ0) is 19.7. The van der Waals surface area contributed by atoms with E-state index in [0.717, 1.165) is 12.1 Å². The second-order valence-corrected chi connectivity index (χ2v) is 7.81. The maximum absolute atomic E-state index is 12.9. The average molecular weight is 518 g/mol. The zero-order valence-electron chi connectivity index (χ0n) is 16.4. The first kappa shape index (κ1) is 24.4. The summed E-state index contributed by atoms with van der Waals surface area (Å²) in [4.78, 5) is 17.5. The summed E-state index contributed by atoms with van der Waals surface area (Å²) in [5.41, 5.74) is 0.796. The highest BCUT2D eigenvalue weighted by atomic mass is 127. The molecule has 0 aliphatic rings. The van der Waals surface area contributed by atoms with Crippen LogP contribution in [0.1, 0.15) is 24.3 Å². The van der Waals surface area contributed by atoms with Crippen molar-refractivity contribution in [1.82, 2.24) is 16.0 Å². The first-order chi connectivity index (χ1) is 12.9. The highest BCUT2D eigenvalue weighted by Crippen LogP contribution is 2.26. The monoisotopic (exact) mass is 518 g/mol. The van der Waals surface area contributed by atoms with Gasteiger partial charge in [-0.05, 0) is 29.1 Å². The average Bonchev–Trinajstić information content (AvgIpc) is 3.19. The van der Waals surface area contributed by atoms with Crippen molar-refractivity contribution in [3.8, 4) is 0 Å². The zero-order valence-corrected chi connectivity index (χ0v) is 19.6. The minimum atomic E-state index is -0.301. The van der Waals surface area contributed by atoms with Gasteiger partial charge in [-0.3, -0.25) is 9.79 Å². The Kier molecular flexibility index (Phi) is 10.4. The third kappa shape index (κ3) is 8.14. The molecule has 154 valence electrons. The van der Waals surface area contributed by atoms with Crippen molar-refractivity contribution < 1.29 is 9.18 Å². The second-order valence-electron chi connectivity index (χ2n) is 6.87. The van der Waals surface area contributed by atoms with Gasteiger partial charge in [-0.2, -0.15) is 0 Å². The van der Waals surface area contributed by atoms with Gasteiger partial charge in [-0.15, -0.1) is 35.3 Å². The van der Waals surface area contributed by atoms with Crippen molar-refractivity contribution in [3.05, 3.63) is 58.0 Å². The number of carbonyl (C=O) groups excluding carboxylic acids is 1. The van der Waals surface area contributed by atoms with Crippen molar-refractivity contribution in [3.63, 3.8) is 0 Å². The largest absolute Gasteiger partial charge is 0.356 e. The molecule has 0 bridgehead atoms. The number of guanidine groups is 1. The smallest absolute Gasteiger partial charge is 0.224 e. The van der Waals surface area contributed by atoms with Crippen molar-refractivity contribution in [1.29, 1.82) is 0 Å². The number of hydrogen-bond donors (Lipinski definition) is 3. The standard InChI is InChI=1S/C20H27FN4OS.HI/c1-20(2,17-5-4-12-27-17)14-25-19(22-3)24-11-10-23-18(26)13-15-6-8-16(21)9-7-15;/h4-9,12H,10-11,13-14H2,1-3H3,(H,23,26)(H2,22,24,25);1H. The molecule has 0 atom stereocenters. The Morgan fingerprint density at radius 1 is 1.11 bits per heavy atom. The predicted molar refractivity (Wildman–Crippen MR) is 125 cm³/mol. The first-order valence-corrected chi connectivity index (χ1v) is 9.78. The number of rotatable bonds is 8. The maximum atomic E-state index is 12.9. The maximum Gasteiger partial charge on any atom is 0.224 e. The summed E-state index contributed by atoms with van der Waals surface area (Å²) >= 11 is 1.75. The van der Waals surface area contributed by atoms with Crippen molar-refractivity contribution in [2.24, 2.45) is 4.99 Å². The number of halogens is 2. The van der Waals surface area contributed by atoms with Crippen LogP contribution in [0.5, 0.6) is 0 Å². The molecular weight excluding hydrogens is 490 g/mol. The minimum absolute atomic E-state index is 0. The summed E-state index contributed by atoms with van der Waals surface area (Å²) in [6.07, 6.45) is 0.238. The first-order valence-electron chi connectivity index (χ1n) is 8.90. The van der Waals surface area contributed by atoms with Crippen LogP contribution in [0, 0.1) is 5.82 Å². The lowest BCUT2D eigenvalue weighted by atomic mass is 9.91. The van der Waals surface area contributed by atoms with Crippen LogP contribution in [0.25, 0.3) is 0 Å². The lowest BCUT2D eigenvalue weighted by molar-refractivity contribution is -0.120. The molecule has 1 aromatic heterocycles. The number of hydrogen-bond acceptors (Lipinski definition) is 3. The number of thiophene rings is 1. The van der Waals surface area contributed by atoms with E-state index in [4.69, 9.17) is 0 Å². The SMILES string of the molecule is CN=C(NCCNC(=O)Cc1ccc(F)cc1)NCC(C)(C)c1cccs1.I. The quantitative estimate of drug-likeness (QED) is 0.218. The number of nitrogens with one attached hydrogen (secondary N) is 3. The third-order valence-corrected chi connectivity index (χ3v) is 5.36. The van der Waals surface area contributed by atoms with Crippen LogP contribution in [0.3, 0.4) is 0 Å². The predicted octanol–water partition coefficient (Wildman–Crippen LogP) is 3.31. The fourth-order valence-corrected chi connectivity index (χ4v) is 3.36. The van der Waals surface area contributed by atoms with Crippen LogP contribution in [0.15, 0.2) is 46.8 Å². The number of aliphatic imine (C=N–C) groups is 1. The van der Waals surface area contributed by atoms with Crippen LogP contribution in [-0.4, -0.2) is 38.5 Å². The topological polar surface area (TPSA) is 65.5 Å². The molecule has 1 heterocycles. The number of benzene rings is 1. The molecule has 28 heavy (non-hydrogen) atoms. The fraction of sp³-hybridized carbons (Fsp3) is 0.400. The molecule has 8 heteroatoms. The van der Waals surface area contributed by atoms with Crippen LogP contribution in [-0.2, 0) is 16.6 Å². The van der Waals surface area contributed by atoms with Gasteiger partial charge in [0.2, 0.25) is 5.91 Å². The van der Waals surface area contributed by atoms with Crippen molar-refractivity contribution in [2.45, 2.75) is 25.7 Å². The third-order valence-electron chi connectivity index (χ3n) is 4.13. The molecule has 0 aliphatic carbocycles. The van der Waals surface area contributed by atoms with Gasteiger partial charge in [0, 0.05) is 37.0 Å². The van der Waals surface area contributed by atoms with E-state index in [0.29, 0.717) is 19.0 Å². The molecule has 5 nitrogen and oxygen atoms in total. The van der Waals surface area contributed by atoms with E-state index in [-0.39, 0.29) is 47.5 Å². The number of amides is 1.